The first-order valence-electron chi connectivity index (χ1n) is 8.37. The minimum atomic E-state index is -4.50. The minimum absolute atomic E-state index is 0.0813. The standard InChI is InChI=1S/C16H18F3N7/c1-10-14(11-8-22-25(9-11)13-4-7-21-23-13)15(16(17,18)19)26(24-10)12-2-5-20-6-3-12/h4,7-9,12,20H,2-3,5-6H2,1H3,(H,21,23). The molecule has 0 aromatic carbocycles. The van der Waals surface area contributed by atoms with E-state index >= 15 is 0 Å². The maximum absolute atomic E-state index is 13.9. The fourth-order valence-electron chi connectivity index (χ4n) is 3.44. The van der Waals surface area contributed by atoms with Gasteiger partial charge in [-0.25, -0.2) is 4.68 Å². The van der Waals surface area contributed by atoms with Gasteiger partial charge in [-0.2, -0.15) is 28.5 Å². The number of nitrogens with zero attached hydrogens (tertiary/aromatic N) is 5. The van der Waals surface area contributed by atoms with Crippen molar-refractivity contribution in [3.8, 4) is 16.9 Å². The van der Waals surface area contributed by atoms with E-state index in [2.05, 4.69) is 25.7 Å². The fraction of sp³-hybridized carbons (Fsp3) is 0.438. The number of aryl methyl sites for hydroxylation is 1. The second kappa shape index (κ2) is 6.27. The number of H-pyrrole nitrogens is 1. The number of aromatic amines is 1. The Hall–Kier alpha value is -2.62. The molecule has 1 aliphatic heterocycles. The molecule has 7 nitrogen and oxygen atoms in total. The summed E-state index contributed by atoms with van der Waals surface area (Å²) in [7, 11) is 0. The van der Waals surface area contributed by atoms with E-state index in [4.69, 9.17) is 0 Å². The van der Waals surface area contributed by atoms with E-state index in [1.165, 1.54) is 10.9 Å². The topological polar surface area (TPSA) is 76.3 Å². The maximum atomic E-state index is 13.9. The number of nitrogens with one attached hydrogen (secondary N) is 2. The molecule has 3 aromatic heterocycles. The number of rotatable bonds is 3. The van der Waals surface area contributed by atoms with Gasteiger partial charge in [-0.05, 0) is 32.9 Å². The van der Waals surface area contributed by atoms with Crippen LogP contribution in [0.5, 0.6) is 0 Å². The third-order valence-corrected chi connectivity index (χ3v) is 4.60. The van der Waals surface area contributed by atoms with Gasteiger partial charge in [0.2, 0.25) is 0 Å². The molecule has 0 radical (unpaired) electrons. The summed E-state index contributed by atoms with van der Waals surface area (Å²) >= 11 is 0. The van der Waals surface area contributed by atoms with E-state index in [1.807, 2.05) is 0 Å². The zero-order valence-electron chi connectivity index (χ0n) is 14.1. The third-order valence-electron chi connectivity index (χ3n) is 4.60. The Bertz CT molecular complexity index is 886. The number of aromatic nitrogens is 6. The number of hydrogen-bond donors (Lipinski definition) is 2. The molecule has 1 saturated heterocycles. The number of halogens is 3. The first kappa shape index (κ1) is 16.8. The zero-order valence-corrected chi connectivity index (χ0v) is 14.1. The second-order valence-corrected chi connectivity index (χ2v) is 6.34. The number of hydrogen-bond acceptors (Lipinski definition) is 4. The van der Waals surface area contributed by atoms with Crippen molar-refractivity contribution >= 4 is 0 Å². The van der Waals surface area contributed by atoms with Gasteiger partial charge in [0.05, 0.1) is 17.9 Å². The van der Waals surface area contributed by atoms with Crippen LogP contribution in [-0.4, -0.2) is 42.8 Å². The highest BCUT2D eigenvalue weighted by Crippen LogP contribution is 2.41. The van der Waals surface area contributed by atoms with Crippen LogP contribution in [0.25, 0.3) is 16.9 Å². The summed E-state index contributed by atoms with van der Waals surface area (Å²) in [5.74, 6) is 0.508. The predicted molar refractivity (Wildman–Crippen MR) is 87.8 cm³/mol. The smallest absolute Gasteiger partial charge is 0.317 e. The lowest BCUT2D eigenvalue weighted by atomic mass is 10.0. The monoisotopic (exact) mass is 365 g/mol. The van der Waals surface area contributed by atoms with E-state index in [9.17, 15) is 13.2 Å². The zero-order chi connectivity index (χ0) is 18.3. The van der Waals surface area contributed by atoms with Crippen molar-refractivity contribution in [2.45, 2.75) is 32.0 Å². The van der Waals surface area contributed by atoms with E-state index in [1.54, 1.807) is 25.4 Å². The molecule has 0 spiro atoms. The molecule has 1 aliphatic rings. The lowest BCUT2D eigenvalue weighted by molar-refractivity contribution is -0.144. The van der Waals surface area contributed by atoms with Crippen LogP contribution >= 0.6 is 0 Å². The highest BCUT2D eigenvalue weighted by Gasteiger charge is 2.41. The van der Waals surface area contributed by atoms with Crippen LogP contribution in [0, 0.1) is 6.92 Å². The predicted octanol–water partition coefficient (Wildman–Crippen LogP) is 2.71. The summed E-state index contributed by atoms with van der Waals surface area (Å²) in [5, 5.41) is 18.2. The van der Waals surface area contributed by atoms with E-state index in [-0.39, 0.29) is 11.6 Å². The molecule has 26 heavy (non-hydrogen) atoms. The molecule has 4 rings (SSSR count). The third kappa shape index (κ3) is 2.90. The number of piperidine rings is 1. The molecule has 3 aromatic rings. The van der Waals surface area contributed by atoms with E-state index in [0.29, 0.717) is 43.0 Å². The molecule has 4 heterocycles. The molecule has 1 fully saturated rings. The molecule has 0 amide bonds. The molecule has 2 N–H and O–H groups in total. The van der Waals surface area contributed by atoms with Gasteiger partial charge in [-0.3, -0.25) is 9.78 Å². The van der Waals surface area contributed by atoms with Crippen molar-refractivity contribution in [2.75, 3.05) is 13.1 Å². The Balaban J connectivity index is 1.82. The molecule has 0 atom stereocenters. The summed E-state index contributed by atoms with van der Waals surface area (Å²) in [5.41, 5.74) is 0.0942. The summed E-state index contributed by atoms with van der Waals surface area (Å²) in [6.45, 7) is 2.98. The first-order valence-corrected chi connectivity index (χ1v) is 8.37. The second-order valence-electron chi connectivity index (χ2n) is 6.34. The molecule has 0 bridgehead atoms. The van der Waals surface area contributed by atoms with Crippen molar-refractivity contribution in [3.05, 3.63) is 36.0 Å². The van der Waals surface area contributed by atoms with Crippen LogP contribution in [0.3, 0.4) is 0 Å². The highest BCUT2D eigenvalue weighted by molar-refractivity contribution is 5.68. The van der Waals surface area contributed by atoms with E-state index < -0.39 is 11.9 Å². The van der Waals surface area contributed by atoms with Crippen LogP contribution in [-0.2, 0) is 6.18 Å². The molecule has 138 valence electrons. The number of alkyl halides is 3. The van der Waals surface area contributed by atoms with Gasteiger partial charge in [0.25, 0.3) is 0 Å². The SMILES string of the molecule is Cc1nn(C2CCNCC2)c(C(F)(F)F)c1-c1cnn(-c2cc[nH]n2)c1. The Kier molecular flexibility index (Phi) is 4.06. The Labute approximate surface area is 147 Å². The van der Waals surface area contributed by atoms with Gasteiger partial charge >= 0.3 is 6.18 Å². The van der Waals surface area contributed by atoms with Crippen LogP contribution in [0.4, 0.5) is 13.2 Å². The summed E-state index contributed by atoms with van der Waals surface area (Å²) in [6.07, 6.45) is 1.32. The first-order chi connectivity index (χ1) is 12.4. The van der Waals surface area contributed by atoms with Gasteiger partial charge in [-0.1, -0.05) is 0 Å². The largest absolute Gasteiger partial charge is 0.433 e. The Morgan fingerprint density at radius 1 is 1.23 bits per heavy atom. The van der Waals surface area contributed by atoms with Gasteiger partial charge in [0, 0.05) is 29.6 Å². The molecular formula is C16H18F3N7. The highest BCUT2D eigenvalue weighted by atomic mass is 19.4. The lowest BCUT2D eigenvalue weighted by Gasteiger charge is -2.25. The molecule has 0 unspecified atom stereocenters. The van der Waals surface area contributed by atoms with Crippen molar-refractivity contribution in [1.29, 1.82) is 0 Å². The fourth-order valence-corrected chi connectivity index (χ4v) is 3.44. The van der Waals surface area contributed by atoms with Crippen LogP contribution in [0.15, 0.2) is 24.7 Å². The van der Waals surface area contributed by atoms with Crippen molar-refractivity contribution < 1.29 is 13.2 Å². The Morgan fingerprint density at radius 2 is 2.00 bits per heavy atom. The normalized spacial score (nSPS) is 16.3. The molecule has 0 aliphatic carbocycles. The van der Waals surface area contributed by atoms with Gasteiger partial charge in [0.15, 0.2) is 11.5 Å². The van der Waals surface area contributed by atoms with Gasteiger partial charge in [0.1, 0.15) is 0 Å². The van der Waals surface area contributed by atoms with Crippen molar-refractivity contribution in [2.24, 2.45) is 0 Å². The average Bonchev–Trinajstić information content (AvgIpc) is 3.33. The van der Waals surface area contributed by atoms with Crippen LogP contribution in [0.2, 0.25) is 0 Å². The average molecular weight is 365 g/mol. The molecule has 10 heteroatoms. The van der Waals surface area contributed by atoms with Gasteiger partial charge in [-0.15, -0.1) is 0 Å². The maximum Gasteiger partial charge on any atom is 0.433 e. The summed E-state index contributed by atoms with van der Waals surface area (Å²) in [4.78, 5) is 0. The Morgan fingerprint density at radius 3 is 2.65 bits per heavy atom. The molecule has 0 saturated carbocycles. The van der Waals surface area contributed by atoms with Crippen molar-refractivity contribution in [1.82, 2.24) is 35.1 Å². The summed E-state index contributed by atoms with van der Waals surface area (Å²) in [6, 6.07) is 1.42. The van der Waals surface area contributed by atoms with Crippen LogP contribution < -0.4 is 5.32 Å². The van der Waals surface area contributed by atoms with Crippen LogP contribution in [0.1, 0.15) is 30.3 Å². The minimum Gasteiger partial charge on any atom is -0.317 e. The quantitative estimate of drug-likeness (QED) is 0.748. The summed E-state index contributed by atoms with van der Waals surface area (Å²) < 4.78 is 44.4. The van der Waals surface area contributed by atoms with Gasteiger partial charge < -0.3 is 5.32 Å². The lowest BCUT2D eigenvalue weighted by Crippen LogP contribution is -2.31. The molecular weight excluding hydrogens is 347 g/mol. The van der Waals surface area contributed by atoms with E-state index in [0.717, 1.165) is 4.68 Å². The van der Waals surface area contributed by atoms with Crippen molar-refractivity contribution in [3.63, 3.8) is 0 Å².